The number of hydrogen-bond donors (Lipinski definition) is 2. The van der Waals surface area contributed by atoms with E-state index in [4.69, 9.17) is 0 Å². The minimum absolute atomic E-state index is 0.753. The van der Waals surface area contributed by atoms with Gasteiger partial charge in [-0.15, -0.1) is 5.10 Å². The van der Waals surface area contributed by atoms with Gasteiger partial charge in [0.2, 0.25) is 0 Å². The van der Waals surface area contributed by atoms with E-state index in [0.717, 1.165) is 30.5 Å². The van der Waals surface area contributed by atoms with Crippen LogP contribution in [0.2, 0.25) is 0 Å². The third-order valence-electron chi connectivity index (χ3n) is 1.51. The monoisotopic (exact) mass is 183 g/mol. The summed E-state index contributed by atoms with van der Waals surface area (Å²) in [6.07, 6.45) is 1.76. The molecule has 0 radical (unpaired) electrons. The molecule has 2 heterocycles. The number of guanidine groups is 1. The van der Waals surface area contributed by atoms with Crippen LogP contribution in [0.4, 0.5) is 0 Å². The Kier molecular flexibility index (Phi) is 2.17. The van der Waals surface area contributed by atoms with E-state index >= 15 is 0 Å². The van der Waals surface area contributed by atoms with Crippen LogP contribution in [0, 0.1) is 0 Å². The summed E-state index contributed by atoms with van der Waals surface area (Å²) in [5.74, 6) is 0.878. The molecule has 64 valence electrons. The number of nitrogens with one attached hydrogen (secondary N) is 2. The number of aromatic nitrogens is 2. The van der Waals surface area contributed by atoms with Gasteiger partial charge in [-0.05, 0) is 11.5 Å². The van der Waals surface area contributed by atoms with Crippen molar-refractivity contribution in [3.05, 3.63) is 11.1 Å². The van der Waals surface area contributed by atoms with E-state index in [9.17, 15) is 0 Å². The molecule has 2 N–H and O–H groups in total. The van der Waals surface area contributed by atoms with Gasteiger partial charge in [0.1, 0.15) is 0 Å². The maximum atomic E-state index is 4.19. The minimum Gasteiger partial charge on any atom is -0.355 e. The first-order valence-electron chi connectivity index (χ1n) is 3.73. The Balaban J connectivity index is 1.82. The second kappa shape index (κ2) is 3.48. The standard InChI is InChI=1S/C6H9N5S/c1-2-8-6(7-1)9-3-5-4-10-11-12-5/h4H,1-3H2,(H2,7,8,9). The molecule has 0 spiro atoms. The van der Waals surface area contributed by atoms with Crippen molar-refractivity contribution >= 4 is 17.5 Å². The van der Waals surface area contributed by atoms with Crippen LogP contribution in [0.3, 0.4) is 0 Å². The van der Waals surface area contributed by atoms with Gasteiger partial charge in [-0.2, -0.15) is 0 Å². The Morgan fingerprint density at radius 1 is 1.67 bits per heavy atom. The van der Waals surface area contributed by atoms with Gasteiger partial charge in [0.15, 0.2) is 5.96 Å². The highest BCUT2D eigenvalue weighted by atomic mass is 32.1. The molecule has 0 aliphatic carbocycles. The van der Waals surface area contributed by atoms with Crippen LogP contribution in [-0.4, -0.2) is 28.6 Å². The smallest absolute Gasteiger partial charge is 0.191 e. The molecule has 0 saturated heterocycles. The van der Waals surface area contributed by atoms with E-state index in [1.165, 1.54) is 11.5 Å². The predicted octanol–water partition coefficient (Wildman–Crippen LogP) is -0.413. The van der Waals surface area contributed by atoms with Crippen LogP contribution < -0.4 is 10.6 Å². The fourth-order valence-electron chi connectivity index (χ4n) is 0.953. The van der Waals surface area contributed by atoms with Gasteiger partial charge in [-0.25, -0.2) is 0 Å². The normalized spacial score (nSPS) is 15.5. The van der Waals surface area contributed by atoms with Gasteiger partial charge in [-0.1, -0.05) is 4.49 Å². The van der Waals surface area contributed by atoms with E-state index in [0.29, 0.717) is 0 Å². The van der Waals surface area contributed by atoms with Gasteiger partial charge in [0, 0.05) is 6.54 Å². The topological polar surface area (TPSA) is 62.2 Å². The molecule has 0 fully saturated rings. The van der Waals surface area contributed by atoms with Crippen LogP contribution >= 0.6 is 11.5 Å². The average Bonchev–Trinajstić information content (AvgIpc) is 2.74. The Morgan fingerprint density at radius 3 is 3.33 bits per heavy atom. The Morgan fingerprint density at radius 2 is 2.67 bits per heavy atom. The summed E-state index contributed by atoms with van der Waals surface area (Å²) in [5, 5.41) is 10.0. The summed E-state index contributed by atoms with van der Waals surface area (Å²) in [5.41, 5.74) is 0. The summed E-state index contributed by atoms with van der Waals surface area (Å²) >= 11 is 1.40. The molecule has 12 heavy (non-hydrogen) atoms. The van der Waals surface area contributed by atoms with Crippen LogP contribution in [-0.2, 0) is 6.54 Å². The summed E-state index contributed by atoms with van der Waals surface area (Å²) in [6.45, 7) is 2.55. The third-order valence-corrected chi connectivity index (χ3v) is 2.17. The third kappa shape index (κ3) is 1.70. The molecular formula is C6H9N5S. The molecule has 1 aliphatic heterocycles. The van der Waals surface area contributed by atoms with Crippen LogP contribution in [0.15, 0.2) is 11.2 Å². The lowest BCUT2D eigenvalue weighted by Gasteiger charge is -2.02. The van der Waals surface area contributed by atoms with Crippen LogP contribution in [0.1, 0.15) is 4.88 Å². The van der Waals surface area contributed by atoms with Crippen molar-refractivity contribution in [1.82, 2.24) is 20.2 Å². The first kappa shape index (κ1) is 7.48. The Bertz CT molecular complexity index is 267. The minimum atomic E-state index is 0.753. The molecule has 0 bridgehead atoms. The van der Waals surface area contributed by atoms with E-state index in [1.807, 2.05) is 0 Å². The number of nitrogens with zero attached hydrogens (tertiary/aromatic N) is 3. The van der Waals surface area contributed by atoms with E-state index < -0.39 is 0 Å². The van der Waals surface area contributed by atoms with Crippen molar-refractivity contribution in [2.45, 2.75) is 6.54 Å². The fourth-order valence-corrected chi connectivity index (χ4v) is 1.38. The molecule has 0 aromatic carbocycles. The molecule has 1 aromatic heterocycles. The first-order valence-corrected chi connectivity index (χ1v) is 4.51. The van der Waals surface area contributed by atoms with Gasteiger partial charge >= 0.3 is 0 Å². The van der Waals surface area contributed by atoms with E-state index in [-0.39, 0.29) is 0 Å². The molecule has 0 atom stereocenters. The molecule has 1 aromatic rings. The summed E-state index contributed by atoms with van der Waals surface area (Å²) < 4.78 is 3.76. The molecule has 0 unspecified atom stereocenters. The fraction of sp³-hybridized carbons (Fsp3) is 0.500. The Hall–Kier alpha value is -1.17. The second-order valence-electron chi connectivity index (χ2n) is 2.39. The summed E-state index contributed by atoms with van der Waals surface area (Å²) in [7, 11) is 0. The predicted molar refractivity (Wildman–Crippen MR) is 47.1 cm³/mol. The zero-order valence-corrected chi connectivity index (χ0v) is 7.27. The van der Waals surface area contributed by atoms with E-state index in [1.54, 1.807) is 6.20 Å². The molecule has 6 heteroatoms. The number of hydrogen-bond acceptors (Lipinski definition) is 6. The SMILES string of the molecule is c1nnsc1CNC1=NCCN1. The summed E-state index contributed by atoms with van der Waals surface area (Å²) in [6, 6.07) is 0. The highest BCUT2D eigenvalue weighted by Gasteiger charge is 2.03. The molecule has 1 aliphatic rings. The van der Waals surface area contributed by atoms with E-state index in [2.05, 4.69) is 25.2 Å². The lowest BCUT2D eigenvalue weighted by molar-refractivity contribution is 0.876. The number of rotatable bonds is 2. The molecule has 5 nitrogen and oxygen atoms in total. The maximum Gasteiger partial charge on any atom is 0.191 e. The molecule has 0 amide bonds. The van der Waals surface area contributed by atoms with Crippen molar-refractivity contribution in [2.24, 2.45) is 4.99 Å². The summed E-state index contributed by atoms with van der Waals surface area (Å²) in [4.78, 5) is 5.31. The highest BCUT2D eigenvalue weighted by Crippen LogP contribution is 2.00. The van der Waals surface area contributed by atoms with Crippen molar-refractivity contribution in [2.75, 3.05) is 13.1 Å². The van der Waals surface area contributed by atoms with Crippen LogP contribution in [0.25, 0.3) is 0 Å². The van der Waals surface area contributed by atoms with Gasteiger partial charge < -0.3 is 10.6 Å². The first-order chi connectivity index (χ1) is 5.95. The lowest BCUT2D eigenvalue weighted by atomic mass is 10.5. The van der Waals surface area contributed by atoms with Gasteiger partial charge in [0.25, 0.3) is 0 Å². The number of aliphatic imine (C=N–C) groups is 1. The highest BCUT2D eigenvalue weighted by molar-refractivity contribution is 7.05. The van der Waals surface area contributed by atoms with Crippen molar-refractivity contribution in [1.29, 1.82) is 0 Å². The maximum absolute atomic E-state index is 4.19. The molecular weight excluding hydrogens is 174 g/mol. The molecule has 2 rings (SSSR count). The molecule has 0 saturated carbocycles. The largest absolute Gasteiger partial charge is 0.355 e. The van der Waals surface area contributed by atoms with Gasteiger partial charge in [-0.3, -0.25) is 4.99 Å². The van der Waals surface area contributed by atoms with Crippen molar-refractivity contribution in [3.8, 4) is 0 Å². The zero-order chi connectivity index (χ0) is 8.23. The Labute approximate surface area is 74.1 Å². The quantitative estimate of drug-likeness (QED) is 0.654. The van der Waals surface area contributed by atoms with Gasteiger partial charge in [0.05, 0.1) is 24.2 Å². The second-order valence-corrected chi connectivity index (χ2v) is 3.26. The van der Waals surface area contributed by atoms with Crippen molar-refractivity contribution in [3.63, 3.8) is 0 Å². The average molecular weight is 183 g/mol. The lowest BCUT2D eigenvalue weighted by Crippen LogP contribution is -2.32. The zero-order valence-electron chi connectivity index (χ0n) is 6.45. The van der Waals surface area contributed by atoms with Crippen molar-refractivity contribution < 1.29 is 0 Å². The van der Waals surface area contributed by atoms with Crippen LogP contribution in [0.5, 0.6) is 0 Å².